The molecule has 30 heavy (non-hydrogen) atoms. The van der Waals surface area contributed by atoms with E-state index in [4.69, 9.17) is 9.47 Å². The molecule has 0 radical (unpaired) electrons. The minimum Gasteiger partial charge on any atom is -0.491 e. The van der Waals surface area contributed by atoms with E-state index < -0.39 is 4.92 Å². The lowest BCUT2D eigenvalue weighted by molar-refractivity contribution is -0.384. The van der Waals surface area contributed by atoms with E-state index in [1.165, 1.54) is 12.1 Å². The van der Waals surface area contributed by atoms with Crippen LogP contribution in [0.5, 0.6) is 5.75 Å². The van der Waals surface area contributed by atoms with Crippen LogP contribution in [0.25, 0.3) is 0 Å². The van der Waals surface area contributed by atoms with Gasteiger partial charge in [-0.1, -0.05) is 24.3 Å². The van der Waals surface area contributed by atoms with E-state index in [0.29, 0.717) is 38.9 Å². The molecular weight excluding hydrogens is 499 g/mol. The van der Waals surface area contributed by atoms with Crippen molar-refractivity contribution in [3.63, 3.8) is 0 Å². The van der Waals surface area contributed by atoms with Gasteiger partial charge in [0.25, 0.3) is 5.69 Å². The number of non-ortho nitro benzene ring substituents is 1. The summed E-state index contributed by atoms with van der Waals surface area (Å²) in [5, 5.41) is 17.2. The highest BCUT2D eigenvalue weighted by Crippen LogP contribution is 2.20. The summed E-state index contributed by atoms with van der Waals surface area (Å²) in [6.07, 6.45) is 0. The van der Waals surface area contributed by atoms with Gasteiger partial charge in [-0.15, -0.1) is 24.0 Å². The minimum absolute atomic E-state index is 0. The van der Waals surface area contributed by atoms with Crippen LogP contribution in [-0.4, -0.2) is 37.8 Å². The van der Waals surface area contributed by atoms with Crippen LogP contribution < -0.4 is 15.4 Å². The number of guanidine groups is 1. The molecule has 0 saturated carbocycles. The normalized spacial score (nSPS) is 10.8. The lowest BCUT2D eigenvalue weighted by atomic mass is 10.1. The van der Waals surface area contributed by atoms with Crippen LogP contribution in [0.1, 0.15) is 23.6 Å². The molecule has 0 aliphatic heterocycles. The van der Waals surface area contributed by atoms with Gasteiger partial charge in [0.05, 0.1) is 11.5 Å². The van der Waals surface area contributed by atoms with Gasteiger partial charge < -0.3 is 20.1 Å². The average molecular weight is 528 g/mol. The maximum absolute atomic E-state index is 10.7. The van der Waals surface area contributed by atoms with Crippen LogP contribution >= 0.6 is 24.0 Å². The van der Waals surface area contributed by atoms with Gasteiger partial charge in [0, 0.05) is 44.4 Å². The Morgan fingerprint density at radius 2 is 1.80 bits per heavy atom. The second kappa shape index (κ2) is 13.8. The van der Waals surface area contributed by atoms with Crippen LogP contribution in [0.2, 0.25) is 0 Å². The van der Waals surface area contributed by atoms with Crippen LogP contribution in [-0.2, 0) is 17.8 Å². The molecule has 2 rings (SSSR count). The Balaban J connectivity index is 0.00000450. The van der Waals surface area contributed by atoms with Crippen LogP contribution in [0.3, 0.4) is 0 Å². The van der Waals surface area contributed by atoms with Crippen LogP contribution in [0.4, 0.5) is 5.69 Å². The summed E-state index contributed by atoms with van der Waals surface area (Å²) >= 11 is 0. The summed E-state index contributed by atoms with van der Waals surface area (Å²) in [6.45, 7) is 6.75. The number of halogens is 1. The van der Waals surface area contributed by atoms with Gasteiger partial charge in [0.2, 0.25) is 0 Å². The van der Waals surface area contributed by atoms with E-state index in [-0.39, 0.29) is 29.7 Å². The van der Waals surface area contributed by atoms with Crippen molar-refractivity contribution in [3.8, 4) is 5.75 Å². The van der Waals surface area contributed by atoms with E-state index >= 15 is 0 Å². The second-order valence-corrected chi connectivity index (χ2v) is 6.36. The highest BCUT2D eigenvalue weighted by atomic mass is 127. The van der Waals surface area contributed by atoms with E-state index in [1.807, 2.05) is 32.0 Å². The van der Waals surface area contributed by atoms with Crippen LogP contribution in [0.15, 0.2) is 47.5 Å². The SMILES string of the molecule is CCOCCOc1cc(C)ccc1CNC(=NC)NCc1ccc([N+](=O)[O-])cc1.I. The van der Waals surface area contributed by atoms with Crippen molar-refractivity contribution < 1.29 is 14.4 Å². The summed E-state index contributed by atoms with van der Waals surface area (Å²) in [4.78, 5) is 14.5. The highest BCUT2D eigenvalue weighted by Gasteiger charge is 2.07. The van der Waals surface area contributed by atoms with E-state index in [1.54, 1.807) is 19.2 Å². The van der Waals surface area contributed by atoms with E-state index in [2.05, 4.69) is 15.6 Å². The molecule has 0 atom stereocenters. The first-order valence-corrected chi connectivity index (χ1v) is 9.51. The van der Waals surface area contributed by atoms with Crippen molar-refractivity contribution in [2.45, 2.75) is 26.9 Å². The molecule has 0 aliphatic rings. The average Bonchev–Trinajstić information content (AvgIpc) is 2.72. The zero-order valence-corrected chi connectivity index (χ0v) is 19.8. The fourth-order valence-corrected chi connectivity index (χ4v) is 2.62. The van der Waals surface area contributed by atoms with Gasteiger partial charge >= 0.3 is 0 Å². The maximum Gasteiger partial charge on any atom is 0.269 e. The number of nitro benzene ring substituents is 1. The monoisotopic (exact) mass is 528 g/mol. The Morgan fingerprint density at radius 1 is 1.10 bits per heavy atom. The molecule has 2 aromatic carbocycles. The third-order valence-corrected chi connectivity index (χ3v) is 4.19. The molecule has 0 spiro atoms. The molecule has 9 heteroatoms. The van der Waals surface area contributed by atoms with Gasteiger partial charge in [-0.3, -0.25) is 15.1 Å². The number of nitro groups is 1. The Bertz CT molecular complexity index is 828. The Kier molecular flexibility index (Phi) is 11.8. The molecular formula is C21H29IN4O4. The van der Waals surface area contributed by atoms with Crippen molar-refractivity contribution in [1.29, 1.82) is 0 Å². The summed E-state index contributed by atoms with van der Waals surface area (Å²) < 4.78 is 11.2. The number of aryl methyl sites for hydroxylation is 1. The van der Waals surface area contributed by atoms with E-state index in [9.17, 15) is 10.1 Å². The van der Waals surface area contributed by atoms with Crippen molar-refractivity contribution in [2.75, 3.05) is 26.9 Å². The summed E-state index contributed by atoms with van der Waals surface area (Å²) in [6, 6.07) is 12.5. The summed E-state index contributed by atoms with van der Waals surface area (Å²) in [5.41, 5.74) is 3.15. The molecule has 2 aromatic rings. The minimum atomic E-state index is -0.409. The fraction of sp³-hybridized carbons (Fsp3) is 0.381. The molecule has 0 unspecified atom stereocenters. The predicted molar refractivity (Wildman–Crippen MR) is 129 cm³/mol. The first-order chi connectivity index (χ1) is 14.0. The number of ether oxygens (including phenoxy) is 2. The lowest BCUT2D eigenvalue weighted by Gasteiger charge is -2.15. The van der Waals surface area contributed by atoms with Gasteiger partial charge in [-0.05, 0) is 31.0 Å². The first-order valence-electron chi connectivity index (χ1n) is 9.51. The Morgan fingerprint density at radius 3 is 2.43 bits per heavy atom. The molecule has 0 fully saturated rings. The third kappa shape index (κ3) is 8.54. The quantitative estimate of drug-likeness (QED) is 0.122. The first kappa shape index (κ1) is 25.6. The number of hydrogen-bond acceptors (Lipinski definition) is 5. The molecule has 0 saturated heterocycles. The maximum atomic E-state index is 10.7. The van der Waals surface area contributed by atoms with Crippen molar-refractivity contribution in [3.05, 3.63) is 69.3 Å². The lowest BCUT2D eigenvalue weighted by Crippen LogP contribution is -2.36. The number of rotatable bonds is 10. The number of aliphatic imine (C=N–C) groups is 1. The zero-order valence-electron chi connectivity index (χ0n) is 17.5. The zero-order chi connectivity index (χ0) is 21.1. The summed E-state index contributed by atoms with van der Waals surface area (Å²) in [5.74, 6) is 1.45. The number of hydrogen-bond donors (Lipinski definition) is 2. The molecule has 0 aliphatic carbocycles. The van der Waals surface area contributed by atoms with Gasteiger partial charge in [0.15, 0.2) is 5.96 Å². The van der Waals surface area contributed by atoms with Crippen molar-refractivity contribution >= 4 is 35.6 Å². The Labute approximate surface area is 194 Å². The fourth-order valence-electron chi connectivity index (χ4n) is 2.62. The third-order valence-electron chi connectivity index (χ3n) is 4.19. The number of benzene rings is 2. The highest BCUT2D eigenvalue weighted by molar-refractivity contribution is 14.0. The molecule has 2 N–H and O–H groups in total. The molecule has 0 aromatic heterocycles. The van der Waals surface area contributed by atoms with Crippen molar-refractivity contribution in [1.82, 2.24) is 10.6 Å². The topological polar surface area (TPSA) is 98.0 Å². The number of nitrogens with zero attached hydrogens (tertiary/aromatic N) is 2. The van der Waals surface area contributed by atoms with Crippen LogP contribution in [0, 0.1) is 17.0 Å². The standard InChI is InChI=1S/C21H28N4O4.HI/c1-4-28-11-12-29-20-13-16(2)5-8-18(20)15-24-21(22-3)23-14-17-6-9-19(10-7-17)25(26)27;/h5-10,13H,4,11-12,14-15H2,1-3H3,(H2,22,23,24);1H. The molecule has 0 bridgehead atoms. The largest absolute Gasteiger partial charge is 0.491 e. The number of nitrogens with one attached hydrogen (secondary N) is 2. The predicted octanol–water partition coefficient (Wildman–Crippen LogP) is 3.80. The summed E-state index contributed by atoms with van der Waals surface area (Å²) in [7, 11) is 1.69. The molecule has 0 amide bonds. The Hall–Kier alpha value is -2.40. The smallest absolute Gasteiger partial charge is 0.269 e. The molecule has 164 valence electrons. The second-order valence-electron chi connectivity index (χ2n) is 6.36. The van der Waals surface area contributed by atoms with Crippen molar-refractivity contribution in [2.24, 2.45) is 4.99 Å². The molecule has 0 heterocycles. The van der Waals surface area contributed by atoms with Gasteiger partial charge in [0.1, 0.15) is 12.4 Å². The van der Waals surface area contributed by atoms with Gasteiger partial charge in [-0.2, -0.15) is 0 Å². The van der Waals surface area contributed by atoms with Gasteiger partial charge in [-0.25, -0.2) is 0 Å². The molecule has 8 nitrogen and oxygen atoms in total. The van der Waals surface area contributed by atoms with E-state index in [0.717, 1.165) is 22.4 Å².